The lowest BCUT2D eigenvalue weighted by molar-refractivity contribution is -0.144. The van der Waals surface area contributed by atoms with Gasteiger partial charge in [-0.2, -0.15) is 0 Å². The van der Waals surface area contributed by atoms with Crippen LogP contribution in [0.25, 0.3) is 0 Å². The number of carbonyl (C=O) groups is 1. The number of halogens is 1. The van der Waals surface area contributed by atoms with Crippen LogP contribution in [0.2, 0.25) is 0 Å². The number of hydrogen-bond donors (Lipinski definition) is 1. The number of pyridine rings is 1. The Morgan fingerprint density at radius 3 is 2.92 bits per heavy atom. The van der Waals surface area contributed by atoms with Crippen molar-refractivity contribution in [2.24, 2.45) is 0 Å². The highest BCUT2D eigenvalue weighted by atomic mass is 19.1. The Morgan fingerprint density at radius 2 is 2.38 bits per heavy atom. The summed E-state index contributed by atoms with van der Waals surface area (Å²) in [4.78, 5) is 13.9. The Morgan fingerprint density at radius 1 is 1.69 bits per heavy atom. The fourth-order valence-electron chi connectivity index (χ4n) is 0.711. The lowest BCUT2D eigenvalue weighted by Crippen LogP contribution is -2.22. The van der Waals surface area contributed by atoms with Crippen LogP contribution in [0.3, 0.4) is 0 Å². The minimum Gasteiger partial charge on any atom is -0.479 e. The predicted molar refractivity (Wildman–Crippen MR) is 41.9 cm³/mol. The second-order valence-corrected chi connectivity index (χ2v) is 2.44. The van der Waals surface area contributed by atoms with Gasteiger partial charge >= 0.3 is 5.97 Å². The second-order valence-electron chi connectivity index (χ2n) is 2.44. The summed E-state index contributed by atoms with van der Waals surface area (Å²) in [5, 5.41) is 8.47. The Kier molecular flexibility index (Phi) is 2.79. The van der Waals surface area contributed by atoms with Gasteiger partial charge in [-0.05, 0) is 6.92 Å². The molecular weight excluding hydrogens is 177 g/mol. The number of carboxylic acids is 1. The van der Waals surface area contributed by atoms with E-state index in [0.717, 1.165) is 12.3 Å². The average Bonchev–Trinajstić information content (AvgIpc) is 2.04. The number of aromatic nitrogens is 1. The smallest absolute Gasteiger partial charge is 0.344 e. The zero-order chi connectivity index (χ0) is 9.84. The van der Waals surface area contributed by atoms with Crippen molar-refractivity contribution in [2.75, 3.05) is 0 Å². The molecule has 1 rings (SSSR count). The molecule has 5 heteroatoms. The van der Waals surface area contributed by atoms with Crippen molar-refractivity contribution in [1.29, 1.82) is 0 Å². The molecule has 0 unspecified atom stereocenters. The lowest BCUT2D eigenvalue weighted by atomic mass is 10.4. The monoisotopic (exact) mass is 185 g/mol. The van der Waals surface area contributed by atoms with Gasteiger partial charge in [-0.15, -0.1) is 0 Å². The van der Waals surface area contributed by atoms with Crippen LogP contribution in [0.4, 0.5) is 4.39 Å². The number of aliphatic carboxylic acids is 1. The van der Waals surface area contributed by atoms with Gasteiger partial charge in [0.15, 0.2) is 6.10 Å². The highest BCUT2D eigenvalue weighted by molar-refractivity contribution is 5.72. The molecular formula is C8H8FNO3. The van der Waals surface area contributed by atoms with Crippen molar-refractivity contribution >= 4 is 5.97 Å². The third kappa shape index (κ3) is 2.70. The number of nitrogens with zero attached hydrogens (tertiary/aromatic N) is 1. The lowest BCUT2D eigenvalue weighted by Gasteiger charge is -2.08. The standard InChI is InChI=1S/C8H8FNO3/c1-5(8(11)12)13-7-2-6(9)3-10-4-7/h2-5H,1H3,(H,11,12)/t5-/m0/s1. The van der Waals surface area contributed by atoms with E-state index in [1.807, 2.05) is 0 Å². The summed E-state index contributed by atoms with van der Waals surface area (Å²) in [5.41, 5.74) is 0. The third-order valence-corrected chi connectivity index (χ3v) is 1.34. The maximum absolute atomic E-state index is 12.5. The van der Waals surface area contributed by atoms with Crippen LogP contribution in [0.15, 0.2) is 18.5 Å². The van der Waals surface area contributed by atoms with Gasteiger partial charge in [-0.1, -0.05) is 0 Å². The zero-order valence-corrected chi connectivity index (χ0v) is 6.90. The summed E-state index contributed by atoms with van der Waals surface area (Å²) in [6.07, 6.45) is 1.25. The van der Waals surface area contributed by atoms with Crippen LogP contribution < -0.4 is 4.74 Å². The second kappa shape index (κ2) is 3.84. The fraction of sp³-hybridized carbons (Fsp3) is 0.250. The molecule has 1 aromatic heterocycles. The van der Waals surface area contributed by atoms with E-state index in [-0.39, 0.29) is 5.75 Å². The van der Waals surface area contributed by atoms with Crippen LogP contribution in [0.1, 0.15) is 6.92 Å². The summed E-state index contributed by atoms with van der Waals surface area (Å²) in [6, 6.07) is 1.08. The Labute approximate surface area is 74.0 Å². The van der Waals surface area contributed by atoms with Gasteiger partial charge in [0, 0.05) is 6.07 Å². The van der Waals surface area contributed by atoms with E-state index in [9.17, 15) is 9.18 Å². The third-order valence-electron chi connectivity index (χ3n) is 1.34. The molecule has 1 aromatic rings. The van der Waals surface area contributed by atoms with Gasteiger partial charge in [0.1, 0.15) is 11.6 Å². The Balaban J connectivity index is 2.69. The topological polar surface area (TPSA) is 59.4 Å². The van der Waals surface area contributed by atoms with Crippen LogP contribution >= 0.6 is 0 Å². The minimum atomic E-state index is -1.11. The summed E-state index contributed by atoms with van der Waals surface area (Å²) in [7, 11) is 0. The number of rotatable bonds is 3. The number of carboxylic acid groups (broad SMARTS) is 1. The van der Waals surface area contributed by atoms with E-state index in [0.29, 0.717) is 0 Å². The normalized spacial score (nSPS) is 12.2. The van der Waals surface area contributed by atoms with Crippen LogP contribution in [-0.2, 0) is 4.79 Å². The largest absolute Gasteiger partial charge is 0.479 e. The highest BCUT2D eigenvalue weighted by Gasteiger charge is 2.12. The van der Waals surface area contributed by atoms with E-state index in [2.05, 4.69) is 4.98 Å². The summed E-state index contributed by atoms with van der Waals surface area (Å²) < 4.78 is 17.4. The molecule has 70 valence electrons. The number of ether oxygens (including phenoxy) is 1. The summed E-state index contributed by atoms with van der Waals surface area (Å²) in [5.74, 6) is -1.56. The van der Waals surface area contributed by atoms with Gasteiger partial charge in [-0.3, -0.25) is 4.98 Å². The average molecular weight is 185 g/mol. The molecule has 0 aliphatic carbocycles. The first-order valence-corrected chi connectivity index (χ1v) is 3.59. The molecule has 0 fully saturated rings. The van der Waals surface area contributed by atoms with E-state index in [4.69, 9.17) is 9.84 Å². The maximum Gasteiger partial charge on any atom is 0.344 e. The molecule has 0 radical (unpaired) electrons. The molecule has 0 aliphatic rings. The Bertz CT molecular complexity index is 316. The van der Waals surface area contributed by atoms with Gasteiger partial charge in [0.25, 0.3) is 0 Å². The zero-order valence-electron chi connectivity index (χ0n) is 6.90. The van der Waals surface area contributed by atoms with E-state index in [1.165, 1.54) is 13.1 Å². The molecule has 0 aromatic carbocycles. The van der Waals surface area contributed by atoms with E-state index < -0.39 is 17.9 Å². The number of hydrogen-bond acceptors (Lipinski definition) is 3. The van der Waals surface area contributed by atoms with Crippen LogP contribution in [0.5, 0.6) is 5.75 Å². The van der Waals surface area contributed by atoms with Gasteiger partial charge in [-0.25, -0.2) is 9.18 Å². The summed E-state index contributed by atoms with van der Waals surface area (Å²) in [6.45, 7) is 1.35. The van der Waals surface area contributed by atoms with Crippen molar-refractivity contribution in [1.82, 2.24) is 4.98 Å². The first kappa shape index (κ1) is 9.44. The van der Waals surface area contributed by atoms with Crippen molar-refractivity contribution in [3.8, 4) is 5.75 Å². The van der Waals surface area contributed by atoms with Crippen molar-refractivity contribution < 1.29 is 19.0 Å². The van der Waals surface area contributed by atoms with Gasteiger partial charge in [0.2, 0.25) is 0 Å². The minimum absolute atomic E-state index is 0.106. The SMILES string of the molecule is C[C@H](Oc1cncc(F)c1)C(=O)O. The predicted octanol–water partition coefficient (Wildman–Crippen LogP) is 1.07. The van der Waals surface area contributed by atoms with E-state index in [1.54, 1.807) is 0 Å². The fourth-order valence-corrected chi connectivity index (χ4v) is 0.711. The molecule has 1 heterocycles. The molecule has 0 bridgehead atoms. The molecule has 0 amide bonds. The molecule has 0 saturated carbocycles. The molecule has 13 heavy (non-hydrogen) atoms. The molecule has 4 nitrogen and oxygen atoms in total. The molecule has 0 spiro atoms. The van der Waals surface area contributed by atoms with Crippen molar-refractivity contribution in [2.45, 2.75) is 13.0 Å². The van der Waals surface area contributed by atoms with Crippen LogP contribution in [-0.4, -0.2) is 22.2 Å². The summed E-state index contributed by atoms with van der Waals surface area (Å²) >= 11 is 0. The van der Waals surface area contributed by atoms with Crippen LogP contribution in [0, 0.1) is 5.82 Å². The maximum atomic E-state index is 12.5. The Hall–Kier alpha value is -1.65. The van der Waals surface area contributed by atoms with Crippen molar-refractivity contribution in [3.63, 3.8) is 0 Å². The quantitative estimate of drug-likeness (QED) is 0.765. The molecule has 0 aliphatic heterocycles. The van der Waals surface area contributed by atoms with E-state index >= 15 is 0 Å². The van der Waals surface area contributed by atoms with Gasteiger partial charge < -0.3 is 9.84 Å². The molecule has 1 N–H and O–H groups in total. The molecule has 0 saturated heterocycles. The van der Waals surface area contributed by atoms with Crippen molar-refractivity contribution in [3.05, 3.63) is 24.3 Å². The first-order valence-electron chi connectivity index (χ1n) is 3.59. The van der Waals surface area contributed by atoms with Gasteiger partial charge in [0.05, 0.1) is 12.4 Å². The highest BCUT2D eigenvalue weighted by Crippen LogP contribution is 2.11. The molecule has 1 atom stereocenters. The first-order chi connectivity index (χ1) is 6.09.